The van der Waals surface area contributed by atoms with E-state index < -0.39 is 5.97 Å². The van der Waals surface area contributed by atoms with Crippen LogP contribution in [0.5, 0.6) is 0 Å². The number of thioether (sulfide) groups is 1. The number of hydrogen-bond acceptors (Lipinski definition) is 5. The predicted molar refractivity (Wildman–Crippen MR) is 97.6 cm³/mol. The van der Waals surface area contributed by atoms with Gasteiger partial charge in [-0.2, -0.15) is 11.8 Å². The number of H-pyrrole nitrogens is 1. The highest BCUT2D eigenvalue weighted by atomic mass is 32.2. The quantitative estimate of drug-likeness (QED) is 0.587. The third-order valence-electron chi connectivity index (χ3n) is 3.57. The number of aliphatic carboxylic acids is 1. The molecule has 1 aromatic carbocycles. The lowest BCUT2D eigenvalue weighted by atomic mass is 10.2. The number of nitrogens with zero attached hydrogens (tertiary/aromatic N) is 1. The Morgan fingerprint density at radius 1 is 1.32 bits per heavy atom. The second-order valence-electron chi connectivity index (χ2n) is 5.73. The van der Waals surface area contributed by atoms with Gasteiger partial charge in [0.2, 0.25) is 5.91 Å². The number of aromatic amines is 1. The second-order valence-corrected chi connectivity index (χ2v) is 6.84. The van der Waals surface area contributed by atoms with Gasteiger partial charge in [0.1, 0.15) is 5.82 Å². The number of rotatable bonds is 9. The van der Waals surface area contributed by atoms with Crippen LogP contribution in [0.2, 0.25) is 0 Å². The Kier molecular flexibility index (Phi) is 7.00. The molecule has 134 valence electrons. The predicted octanol–water partition coefficient (Wildman–Crippen LogP) is 1.92. The van der Waals surface area contributed by atoms with Crippen LogP contribution in [0.15, 0.2) is 29.1 Å². The fraction of sp³-hybridized carbons (Fsp3) is 0.412. The summed E-state index contributed by atoms with van der Waals surface area (Å²) >= 11 is 1.51. The molecule has 7 nitrogen and oxygen atoms in total. The molecule has 0 saturated heterocycles. The molecular weight excluding hydrogens is 342 g/mol. The van der Waals surface area contributed by atoms with E-state index in [1.54, 1.807) is 25.1 Å². The number of benzene rings is 1. The third-order valence-corrected chi connectivity index (χ3v) is 4.54. The maximum atomic E-state index is 12.0. The first-order valence-corrected chi connectivity index (χ1v) is 9.18. The Labute approximate surface area is 149 Å². The first kappa shape index (κ1) is 19.0. The number of nitrogens with one attached hydrogen (secondary N) is 2. The van der Waals surface area contributed by atoms with Crippen LogP contribution in [0.25, 0.3) is 10.9 Å². The number of carbonyl (C=O) groups excluding carboxylic acids is 1. The highest BCUT2D eigenvalue weighted by molar-refractivity contribution is 7.98. The van der Waals surface area contributed by atoms with Crippen molar-refractivity contribution in [3.8, 4) is 0 Å². The molecule has 0 bridgehead atoms. The van der Waals surface area contributed by atoms with E-state index in [-0.39, 0.29) is 23.9 Å². The van der Waals surface area contributed by atoms with E-state index in [0.29, 0.717) is 41.1 Å². The minimum absolute atomic E-state index is 0.0389. The van der Waals surface area contributed by atoms with Gasteiger partial charge in [-0.05, 0) is 25.5 Å². The van der Waals surface area contributed by atoms with Gasteiger partial charge >= 0.3 is 5.97 Å². The molecule has 3 N–H and O–H groups in total. The molecule has 0 spiro atoms. The largest absolute Gasteiger partial charge is 0.481 e. The molecule has 2 aromatic rings. The van der Waals surface area contributed by atoms with Gasteiger partial charge in [0.25, 0.3) is 5.56 Å². The smallest absolute Gasteiger partial charge is 0.303 e. The summed E-state index contributed by atoms with van der Waals surface area (Å²) in [6.45, 7) is 1.79. The zero-order chi connectivity index (χ0) is 18.2. The van der Waals surface area contributed by atoms with E-state index in [0.717, 1.165) is 0 Å². The summed E-state index contributed by atoms with van der Waals surface area (Å²) in [6.07, 6.45) is 0.785. The molecule has 0 aliphatic carbocycles. The standard InChI is InChI=1S/C17H21N3O4S/c1-11(6-7-16(22)23)18-15(21)8-9-25-10-14-19-13-5-3-2-4-12(13)17(24)20-14/h2-5,11H,6-10H2,1H3,(H,18,21)(H,22,23)(H,19,20,24). The molecule has 1 heterocycles. The van der Waals surface area contributed by atoms with Crippen LogP contribution in [0.4, 0.5) is 0 Å². The molecule has 0 saturated carbocycles. The Morgan fingerprint density at radius 2 is 2.08 bits per heavy atom. The monoisotopic (exact) mass is 363 g/mol. The number of carboxylic acids is 1. The van der Waals surface area contributed by atoms with Crippen molar-refractivity contribution < 1.29 is 14.7 Å². The number of hydrogen-bond donors (Lipinski definition) is 3. The average Bonchev–Trinajstić information content (AvgIpc) is 2.57. The summed E-state index contributed by atoms with van der Waals surface area (Å²) in [5.74, 6) is 0.721. The maximum Gasteiger partial charge on any atom is 0.303 e. The number of carbonyl (C=O) groups is 2. The number of fused-ring (bicyclic) bond motifs is 1. The van der Waals surface area contributed by atoms with Crippen LogP contribution in [0, 0.1) is 0 Å². The highest BCUT2D eigenvalue weighted by Crippen LogP contribution is 2.12. The lowest BCUT2D eigenvalue weighted by Crippen LogP contribution is -2.33. The second kappa shape index (κ2) is 9.22. The molecule has 2 rings (SSSR count). The average molecular weight is 363 g/mol. The fourth-order valence-corrected chi connectivity index (χ4v) is 3.10. The normalized spacial score (nSPS) is 12.0. The number of carboxylic acid groups (broad SMARTS) is 1. The van der Waals surface area contributed by atoms with Gasteiger partial charge in [-0.1, -0.05) is 12.1 Å². The van der Waals surface area contributed by atoms with Crippen molar-refractivity contribution in [2.75, 3.05) is 5.75 Å². The van der Waals surface area contributed by atoms with Crippen molar-refractivity contribution in [1.29, 1.82) is 0 Å². The van der Waals surface area contributed by atoms with Crippen molar-refractivity contribution in [2.24, 2.45) is 0 Å². The summed E-state index contributed by atoms with van der Waals surface area (Å²) < 4.78 is 0. The molecule has 1 amide bonds. The highest BCUT2D eigenvalue weighted by Gasteiger charge is 2.09. The molecule has 1 aromatic heterocycles. The Hall–Kier alpha value is -2.35. The molecule has 0 aliphatic rings. The number of aromatic nitrogens is 2. The Balaban J connectivity index is 1.75. The van der Waals surface area contributed by atoms with Crippen LogP contribution in [0.1, 0.15) is 32.0 Å². The van der Waals surface area contributed by atoms with Crippen molar-refractivity contribution in [1.82, 2.24) is 15.3 Å². The van der Waals surface area contributed by atoms with Crippen LogP contribution in [-0.2, 0) is 15.3 Å². The van der Waals surface area contributed by atoms with Crippen molar-refractivity contribution >= 4 is 34.5 Å². The molecule has 1 atom stereocenters. The summed E-state index contributed by atoms with van der Waals surface area (Å²) in [5.41, 5.74) is 0.498. The van der Waals surface area contributed by atoms with E-state index in [4.69, 9.17) is 5.11 Å². The summed E-state index contributed by atoms with van der Waals surface area (Å²) in [4.78, 5) is 41.4. The Morgan fingerprint density at radius 3 is 2.84 bits per heavy atom. The van der Waals surface area contributed by atoms with Crippen LogP contribution < -0.4 is 10.9 Å². The van der Waals surface area contributed by atoms with Gasteiger partial charge in [0, 0.05) is 24.6 Å². The van der Waals surface area contributed by atoms with E-state index in [2.05, 4.69) is 15.3 Å². The SMILES string of the molecule is CC(CCC(=O)O)NC(=O)CCSCc1nc2ccccc2c(=O)[nH]1. The first-order chi connectivity index (χ1) is 12.0. The number of para-hydroxylation sites is 1. The maximum absolute atomic E-state index is 12.0. The van der Waals surface area contributed by atoms with Gasteiger partial charge < -0.3 is 15.4 Å². The lowest BCUT2D eigenvalue weighted by Gasteiger charge is -2.12. The summed E-state index contributed by atoms with van der Waals surface area (Å²) in [5, 5.41) is 12.0. The van der Waals surface area contributed by atoms with Crippen LogP contribution in [-0.4, -0.2) is 38.7 Å². The van der Waals surface area contributed by atoms with Gasteiger partial charge in [0.05, 0.1) is 16.7 Å². The summed E-state index contributed by atoms with van der Waals surface area (Å²) in [6, 6.07) is 7.00. The fourth-order valence-electron chi connectivity index (χ4n) is 2.30. The van der Waals surface area contributed by atoms with Crippen molar-refractivity contribution in [2.45, 2.75) is 38.0 Å². The lowest BCUT2D eigenvalue weighted by molar-refractivity contribution is -0.137. The van der Waals surface area contributed by atoms with E-state index in [9.17, 15) is 14.4 Å². The number of amides is 1. The Bertz CT molecular complexity index is 806. The van der Waals surface area contributed by atoms with Crippen molar-refractivity contribution in [3.05, 3.63) is 40.4 Å². The molecule has 0 radical (unpaired) electrons. The first-order valence-electron chi connectivity index (χ1n) is 8.02. The third kappa shape index (κ3) is 6.22. The van der Waals surface area contributed by atoms with Crippen LogP contribution >= 0.6 is 11.8 Å². The van der Waals surface area contributed by atoms with E-state index >= 15 is 0 Å². The van der Waals surface area contributed by atoms with E-state index in [1.807, 2.05) is 6.07 Å². The van der Waals surface area contributed by atoms with Gasteiger partial charge in [-0.25, -0.2) is 4.98 Å². The molecule has 25 heavy (non-hydrogen) atoms. The zero-order valence-electron chi connectivity index (χ0n) is 13.9. The van der Waals surface area contributed by atoms with Gasteiger partial charge in [-0.15, -0.1) is 0 Å². The van der Waals surface area contributed by atoms with Crippen molar-refractivity contribution in [3.63, 3.8) is 0 Å². The minimum Gasteiger partial charge on any atom is -0.481 e. The topological polar surface area (TPSA) is 112 Å². The molecule has 0 fully saturated rings. The van der Waals surface area contributed by atoms with Gasteiger partial charge in [0.15, 0.2) is 0 Å². The minimum atomic E-state index is -0.867. The summed E-state index contributed by atoms with van der Waals surface area (Å²) in [7, 11) is 0. The zero-order valence-corrected chi connectivity index (χ0v) is 14.8. The van der Waals surface area contributed by atoms with Gasteiger partial charge in [-0.3, -0.25) is 14.4 Å². The van der Waals surface area contributed by atoms with Crippen LogP contribution in [0.3, 0.4) is 0 Å². The molecule has 1 unspecified atom stereocenters. The molecule has 8 heteroatoms. The van der Waals surface area contributed by atoms with E-state index in [1.165, 1.54) is 11.8 Å². The molecule has 0 aliphatic heterocycles. The molecular formula is C17H21N3O4S.